The van der Waals surface area contributed by atoms with Gasteiger partial charge in [-0.3, -0.25) is 0 Å². The highest BCUT2D eigenvalue weighted by Gasteiger charge is 2.49. The lowest BCUT2D eigenvalue weighted by atomic mass is 10.1. The van der Waals surface area contributed by atoms with Crippen LogP contribution in [0.5, 0.6) is 0 Å². The quantitative estimate of drug-likeness (QED) is 0.788. The van der Waals surface area contributed by atoms with E-state index in [1.807, 2.05) is 12.1 Å². The number of hydrogen-bond donors (Lipinski definition) is 2. The number of halogens is 4. The van der Waals surface area contributed by atoms with Crippen molar-refractivity contribution in [2.24, 2.45) is 0 Å². The first-order valence-corrected chi connectivity index (χ1v) is 7.28. The molecule has 0 spiro atoms. The largest absolute Gasteiger partial charge is 0.418 e. The number of anilines is 1. The molecular weight excluding hydrogens is 335 g/mol. The molecule has 1 aromatic rings. The first kappa shape index (κ1) is 17.3. The standard InChI is InChI=1S/C14H19BrF3NO/c1-3-4-5-10-6-7-12(11(15)8-10)19-9-13(2,20)14(16,17)18/h6-8,19-20H,3-5,9H2,1-2H3. The maximum atomic E-state index is 12.5. The Kier molecular flexibility index (Phi) is 5.89. The highest BCUT2D eigenvalue weighted by atomic mass is 79.9. The summed E-state index contributed by atoms with van der Waals surface area (Å²) in [5, 5.41) is 12.0. The summed E-state index contributed by atoms with van der Waals surface area (Å²) in [6.45, 7) is 2.26. The highest BCUT2D eigenvalue weighted by Crippen LogP contribution is 2.31. The molecule has 0 radical (unpaired) electrons. The molecule has 2 nitrogen and oxygen atoms in total. The van der Waals surface area contributed by atoms with Crippen LogP contribution in [0, 0.1) is 0 Å². The van der Waals surface area contributed by atoms with Crippen LogP contribution >= 0.6 is 15.9 Å². The van der Waals surface area contributed by atoms with Crippen molar-refractivity contribution in [2.75, 3.05) is 11.9 Å². The molecule has 2 N–H and O–H groups in total. The zero-order valence-corrected chi connectivity index (χ0v) is 13.1. The van der Waals surface area contributed by atoms with Crippen LogP contribution in [0.4, 0.5) is 18.9 Å². The summed E-state index contributed by atoms with van der Waals surface area (Å²) in [7, 11) is 0. The smallest absolute Gasteiger partial charge is 0.381 e. The van der Waals surface area contributed by atoms with Crippen molar-refractivity contribution >= 4 is 21.6 Å². The predicted octanol–water partition coefficient (Wildman–Crippen LogP) is 4.52. The fraction of sp³-hybridized carbons (Fsp3) is 0.571. The van der Waals surface area contributed by atoms with Gasteiger partial charge in [0, 0.05) is 10.2 Å². The number of benzene rings is 1. The number of rotatable bonds is 6. The fourth-order valence-corrected chi connectivity index (χ4v) is 2.17. The molecule has 0 amide bonds. The fourth-order valence-electron chi connectivity index (χ4n) is 1.61. The number of aliphatic hydroxyl groups is 1. The zero-order valence-electron chi connectivity index (χ0n) is 11.5. The topological polar surface area (TPSA) is 32.3 Å². The van der Waals surface area contributed by atoms with Gasteiger partial charge in [-0.25, -0.2) is 0 Å². The van der Waals surface area contributed by atoms with Gasteiger partial charge < -0.3 is 10.4 Å². The molecule has 0 fully saturated rings. The van der Waals surface area contributed by atoms with Crippen molar-refractivity contribution in [1.29, 1.82) is 0 Å². The SMILES string of the molecule is CCCCc1ccc(NCC(C)(O)C(F)(F)F)c(Br)c1. The van der Waals surface area contributed by atoms with Crippen LogP contribution in [-0.2, 0) is 6.42 Å². The van der Waals surface area contributed by atoms with Crippen LogP contribution in [0.1, 0.15) is 32.3 Å². The molecule has 0 aromatic heterocycles. The van der Waals surface area contributed by atoms with Crippen molar-refractivity contribution in [1.82, 2.24) is 0 Å². The average molecular weight is 354 g/mol. The van der Waals surface area contributed by atoms with Gasteiger partial charge >= 0.3 is 6.18 Å². The lowest BCUT2D eigenvalue weighted by Crippen LogP contribution is -2.47. The van der Waals surface area contributed by atoms with Gasteiger partial charge in [-0.1, -0.05) is 19.4 Å². The van der Waals surface area contributed by atoms with E-state index in [2.05, 4.69) is 28.2 Å². The third-order valence-corrected chi connectivity index (χ3v) is 3.74. The molecule has 0 aliphatic rings. The summed E-state index contributed by atoms with van der Waals surface area (Å²) in [5.74, 6) is 0. The highest BCUT2D eigenvalue weighted by molar-refractivity contribution is 9.10. The normalized spacial score (nSPS) is 14.9. The zero-order chi connectivity index (χ0) is 15.4. The Labute approximate surface area is 125 Å². The molecule has 6 heteroatoms. The van der Waals surface area contributed by atoms with Crippen LogP contribution in [0.3, 0.4) is 0 Å². The van der Waals surface area contributed by atoms with Crippen molar-refractivity contribution in [3.05, 3.63) is 28.2 Å². The van der Waals surface area contributed by atoms with E-state index < -0.39 is 18.3 Å². The minimum Gasteiger partial charge on any atom is -0.381 e. The number of aryl methyl sites for hydroxylation is 1. The van der Waals surface area contributed by atoms with Gasteiger partial charge in [0.25, 0.3) is 0 Å². The molecule has 0 bridgehead atoms. The minimum absolute atomic E-state index is 0.537. The number of unbranched alkanes of at least 4 members (excludes halogenated alkanes) is 1. The van der Waals surface area contributed by atoms with E-state index >= 15 is 0 Å². The first-order valence-electron chi connectivity index (χ1n) is 6.49. The third kappa shape index (κ3) is 4.66. The number of alkyl halides is 3. The summed E-state index contributed by atoms with van der Waals surface area (Å²) in [6.07, 6.45) is -1.56. The summed E-state index contributed by atoms with van der Waals surface area (Å²) >= 11 is 3.33. The van der Waals surface area contributed by atoms with Crippen molar-refractivity contribution < 1.29 is 18.3 Å². The maximum absolute atomic E-state index is 12.5. The van der Waals surface area contributed by atoms with Crippen molar-refractivity contribution in [2.45, 2.75) is 44.9 Å². The molecule has 0 aliphatic carbocycles. The molecule has 1 aromatic carbocycles. The molecule has 1 unspecified atom stereocenters. The molecule has 1 rings (SSSR count). The summed E-state index contributed by atoms with van der Waals surface area (Å²) in [6, 6.07) is 5.49. The summed E-state index contributed by atoms with van der Waals surface area (Å²) in [4.78, 5) is 0. The Balaban J connectivity index is 2.70. The van der Waals surface area contributed by atoms with Gasteiger partial charge in [-0.2, -0.15) is 13.2 Å². The van der Waals surface area contributed by atoms with Gasteiger partial charge in [0.1, 0.15) is 0 Å². The maximum Gasteiger partial charge on any atom is 0.418 e. The second-order valence-corrected chi connectivity index (χ2v) is 5.90. The van der Waals surface area contributed by atoms with Gasteiger partial charge in [0.05, 0.1) is 6.54 Å². The van der Waals surface area contributed by atoms with E-state index in [-0.39, 0.29) is 0 Å². The second kappa shape index (κ2) is 6.80. The van der Waals surface area contributed by atoms with Crippen LogP contribution < -0.4 is 5.32 Å². The minimum atomic E-state index is -4.66. The van der Waals surface area contributed by atoms with E-state index in [0.717, 1.165) is 31.7 Å². The van der Waals surface area contributed by atoms with Gasteiger partial charge in [0.2, 0.25) is 0 Å². The Bertz CT molecular complexity index is 447. The monoisotopic (exact) mass is 353 g/mol. The van der Waals surface area contributed by atoms with E-state index in [1.165, 1.54) is 0 Å². The number of nitrogens with one attached hydrogen (secondary N) is 1. The Morgan fingerprint density at radius 1 is 1.30 bits per heavy atom. The Hall–Kier alpha value is -0.750. The van der Waals surface area contributed by atoms with Crippen molar-refractivity contribution in [3.63, 3.8) is 0 Å². The molecule has 20 heavy (non-hydrogen) atoms. The van der Waals surface area contributed by atoms with Crippen LogP contribution in [0.25, 0.3) is 0 Å². The van der Waals surface area contributed by atoms with E-state index in [9.17, 15) is 18.3 Å². The van der Waals surface area contributed by atoms with Crippen LogP contribution in [0.15, 0.2) is 22.7 Å². The molecule has 0 heterocycles. The number of hydrogen-bond acceptors (Lipinski definition) is 2. The molecule has 0 aliphatic heterocycles. The summed E-state index contributed by atoms with van der Waals surface area (Å²) < 4.78 is 38.3. The molecule has 114 valence electrons. The van der Waals surface area contributed by atoms with Gasteiger partial charge in [-0.05, 0) is 53.4 Å². The van der Waals surface area contributed by atoms with Gasteiger partial charge in [0.15, 0.2) is 5.60 Å². The molecule has 0 saturated carbocycles. The van der Waals surface area contributed by atoms with Crippen LogP contribution in [-0.4, -0.2) is 23.4 Å². The second-order valence-electron chi connectivity index (χ2n) is 5.04. The Morgan fingerprint density at radius 3 is 2.45 bits per heavy atom. The van der Waals surface area contributed by atoms with Crippen molar-refractivity contribution in [3.8, 4) is 0 Å². The van der Waals surface area contributed by atoms with Gasteiger partial charge in [-0.15, -0.1) is 0 Å². The molecule has 0 saturated heterocycles. The van der Waals surface area contributed by atoms with E-state index in [0.29, 0.717) is 10.2 Å². The Morgan fingerprint density at radius 2 is 1.95 bits per heavy atom. The summed E-state index contributed by atoms with van der Waals surface area (Å²) in [5.41, 5.74) is -1.09. The molecular formula is C14H19BrF3NO. The predicted molar refractivity (Wildman–Crippen MR) is 77.9 cm³/mol. The third-order valence-electron chi connectivity index (χ3n) is 3.09. The molecule has 1 atom stereocenters. The average Bonchev–Trinajstić information content (AvgIpc) is 2.33. The van der Waals surface area contributed by atoms with E-state index in [4.69, 9.17) is 0 Å². The lowest BCUT2D eigenvalue weighted by Gasteiger charge is -2.27. The first-order chi connectivity index (χ1) is 9.17. The lowest BCUT2D eigenvalue weighted by molar-refractivity contribution is -0.246. The van der Waals surface area contributed by atoms with E-state index in [1.54, 1.807) is 6.07 Å². The van der Waals surface area contributed by atoms with Crippen LogP contribution in [0.2, 0.25) is 0 Å².